The molecule has 0 amide bonds. The van der Waals surface area contributed by atoms with Gasteiger partial charge in [-0.2, -0.15) is 0 Å². The van der Waals surface area contributed by atoms with Crippen LogP contribution in [0.15, 0.2) is 24.0 Å². The van der Waals surface area contributed by atoms with Crippen LogP contribution in [0.5, 0.6) is 0 Å². The summed E-state index contributed by atoms with van der Waals surface area (Å²) in [5.74, 6) is 2.29. The van der Waals surface area contributed by atoms with Crippen molar-refractivity contribution >= 4 is 14.1 Å². The fourth-order valence-corrected chi connectivity index (χ4v) is 6.95. The van der Waals surface area contributed by atoms with Crippen LogP contribution in [0, 0.1) is 17.3 Å². The largest absolute Gasteiger partial charge is 0.547 e. The van der Waals surface area contributed by atoms with Crippen LogP contribution in [-0.2, 0) is 9.22 Å². The fraction of sp³-hybridized carbons (Fsp3) is 0.750. The van der Waals surface area contributed by atoms with Crippen molar-refractivity contribution in [2.24, 2.45) is 17.3 Å². The van der Waals surface area contributed by atoms with E-state index in [9.17, 15) is 4.79 Å². The molecule has 3 atom stereocenters. The number of rotatable bonds is 6. The maximum Gasteiger partial charge on any atom is 0.250 e. The molecule has 2 aliphatic carbocycles. The molecular weight excluding hydrogens is 300 g/mol. The summed E-state index contributed by atoms with van der Waals surface area (Å²) in [5, 5.41) is 0. The standard InChI is InChI=1S/C20H34O2Si/c1-7-23(8-2,9-3)22-18-10-11-20(6)17(14-18)12-16(15(4)5)13-19(20)21/h14,16-17H,4,7-13H2,1-3,5-6H3/t16-,17+,20-/m0/s1. The molecule has 1 saturated carbocycles. The maximum atomic E-state index is 12.7. The first-order chi connectivity index (χ1) is 10.8. The lowest BCUT2D eigenvalue weighted by molar-refractivity contribution is -0.135. The monoisotopic (exact) mass is 334 g/mol. The Labute approximate surface area is 143 Å². The van der Waals surface area contributed by atoms with E-state index in [-0.39, 0.29) is 5.41 Å². The van der Waals surface area contributed by atoms with E-state index in [0.717, 1.165) is 24.8 Å². The minimum absolute atomic E-state index is 0.173. The van der Waals surface area contributed by atoms with Crippen molar-refractivity contribution in [1.29, 1.82) is 0 Å². The van der Waals surface area contributed by atoms with Gasteiger partial charge < -0.3 is 4.43 Å². The number of ketones is 1. The summed E-state index contributed by atoms with van der Waals surface area (Å²) in [7, 11) is -1.61. The first-order valence-electron chi connectivity index (χ1n) is 9.38. The molecule has 0 aromatic heterocycles. The Bertz CT molecular complexity index is 496. The molecule has 0 N–H and O–H groups in total. The van der Waals surface area contributed by atoms with Gasteiger partial charge in [-0.3, -0.25) is 4.79 Å². The van der Waals surface area contributed by atoms with E-state index >= 15 is 0 Å². The van der Waals surface area contributed by atoms with Crippen molar-refractivity contribution in [2.75, 3.05) is 0 Å². The van der Waals surface area contributed by atoms with E-state index in [2.05, 4.69) is 47.3 Å². The molecule has 0 aliphatic heterocycles. The molecule has 0 aromatic carbocycles. The molecule has 0 heterocycles. The Morgan fingerprint density at radius 3 is 2.48 bits per heavy atom. The molecular formula is C20H34O2Si. The third-order valence-corrected chi connectivity index (χ3v) is 11.2. The van der Waals surface area contributed by atoms with E-state index in [1.165, 1.54) is 23.9 Å². The summed E-state index contributed by atoms with van der Waals surface area (Å²) in [6, 6.07) is 3.52. The molecule has 1 fully saturated rings. The van der Waals surface area contributed by atoms with E-state index in [1.807, 2.05) is 0 Å². The van der Waals surface area contributed by atoms with Gasteiger partial charge in [0.15, 0.2) is 0 Å². The molecule has 0 aromatic rings. The quantitative estimate of drug-likeness (QED) is 0.449. The van der Waals surface area contributed by atoms with Gasteiger partial charge in [0.1, 0.15) is 5.78 Å². The highest BCUT2D eigenvalue weighted by Crippen LogP contribution is 2.50. The van der Waals surface area contributed by atoms with Crippen LogP contribution >= 0.6 is 0 Å². The second-order valence-corrected chi connectivity index (χ2v) is 12.6. The molecule has 2 rings (SSSR count). The van der Waals surface area contributed by atoms with Crippen molar-refractivity contribution in [2.45, 2.75) is 78.4 Å². The summed E-state index contributed by atoms with van der Waals surface area (Å²) in [4.78, 5) is 12.7. The van der Waals surface area contributed by atoms with Crippen molar-refractivity contribution in [1.82, 2.24) is 0 Å². The molecule has 0 unspecified atom stereocenters. The van der Waals surface area contributed by atoms with Gasteiger partial charge in [0, 0.05) is 18.3 Å². The number of carbonyl (C=O) groups is 1. The van der Waals surface area contributed by atoms with Crippen molar-refractivity contribution < 1.29 is 9.22 Å². The normalized spacial score (nSPS) is 31.3. The molecule has 23 heavy (non-hydrogen) atoms. The lowest BCUT2D eigenvalue weighted by Crippen LogP contribution is -2.45. The van der Waals surface area contributed by atoms with Gasteiger partial charge in [-0.25, -0.2) is 0 Å². The van der Waals surface area contributed by atoms with Crippen LogP contribution in [0.25, 0.3) is 0 Å². The summed E-state index contributed by atoms with van der Waals surface area (Å²) < 4.78 is 6.62. The van der Waals surface area contributed by atoms with E-state index < -0.39 is 8.32 Å². The number of carbonyl (C=O) groups excluding carboxylic acids is 1. The second kappa shape index (κ2) is 6.96. The molecule has 0 spiro atoms. The van der Waals surface area contributed by atoms with Crippen LogP contribution in [-0.4, -0.2) is 14.1 Å². The van der Waals surface area contributed by atoms with Crippen LogP contribution in [0.2, 0.25) is 18.1 Å². The maximum absolute atomic E-state index is 12.7. The summed E-state index contributed by atoms with van der Waals surface area (Å²) in [5.41, 5.74) is 0.981. The highest BCUT2D eigenvalue weighted by molar-refractivity contribution is 6.73. The van der Waals surface area contributed by atoms with Gasteiger partial charge in [-0.1, -0.05) is 39.8 Å². The Morgan fingerprint density at radius 2 is 1.96 bits per heavy atom. The summed E-state index contributed by atoms with van der Waals surface area (Å²) in [6.07, 6.45) is 5.95. The van der Waals surface area contributed by atoms with E-state index in [0.29, 0.717) is 24.0 Å². The molecule has 0 radical (unpaired) electrons. The van der Waals surface area contributed by atoms with Crippen molar-refractivity contribution in [3.05, 3.63) is 24.0 Å². The number of Topliss-reactive ketones (excluding diaryl/α,β-unsaturated/α-hetero) is 1. The SMILES string of the molecule is C=C(C)[C@@H]1CC(=O)[C@@]2(C)CCC(O[Si](CC)(CC)CC)=C[C@H]2C1. The third kappa shape index (κ3) is 3.50. The fourth-order valence-electron chi connectivity index (χ4n) is 4.29. The van der Waals surface area contributed by atoms with Gasteiger partial charge in [-0.05, 0) is 55.8 Å². The van der Waals surface area contributed by atoms with Crippen molar-refractivity contribution in [3.8, 4) is 0 Å². The Kier molecular flexibility index (Phi) is 5.60. The van der Waals surface area contributed by atoms with Crippen LogP contribution in [0.4, 0.5) is 0 Å². The van der Waals surface area contributed by atoms with Gasteiger partial charge in [0.25, 0.3) is 0 Å². The summed E-state index contributed by atoms with van der Waals surface area (Å²) >= 11 is 0. The molecule has 0 bridgehead atoms. The number of hydrogen-bond donors (Lipinski definition) is 0. The first-order valence-corrected chi connectivity index (χ1v) is 11.9. The van der Waals surface area contributed by atoms with Gasteiger partial charge >= 0.3 is 0 Å². The average molecular weight is 335 g/mol. The Morgan fingerprint density at radius 1 is 1.35 bits per heavy atom. The van der Waals surface area contributed by atoms with Crippen LogP contribution in [0.1, 0.15) is 60.3 Å². The average Bonchev–Trinajstić information content (AvgIpc) is 2.54. The molecule has 2 aliphatic rings. The van der Waals surface area contributed by atoms with Crippen LogP contribution < -0.4 is 0 Å². The molecule has 3 heteroatoms. The Hall–Kier alpha value is -0.833. The van der Waals surface area contributed by atoms with E-state index in [4.69, 9.17) is 4.43 Å². The van der Waals surface area contributed by atoms with Gasteiger partial charge in [0.05, 0.1) is 5.76 Å². The molecule has 130 valence electrons. The summed E-state index contributed by atoms with van der Waals surface area (Å²) in [6.45, 7) is 15.1. The van der Waals surface area contributed by atoms with Gasteiger partial charge in [-0.15, -0.1) is 0 Å². The predicted molar refractivity (Wildman–Crippen MR) is 99.7 cm³/mol. The minimum atomic E-state index is -1.61. The van der Waals surface area contributed by atoms with Gasteiger partial charge in [0.2, 0.25) is 8.32 Å². The highest BCUT2D eigenvalue weighted by Gasteiger charge is 2.48. The smallest absolute Gasteiger partial charge is 0.250 e. The topological polar surface area (TPSA) is 26.3 Å². The number of allylic oxidation sites excluding steroid dienone is 3. The third-order valence-electron chi connectivity index (χ3n) is 6.68. The van der Waals surface area contributed by atoms with Crippen molar-refractivity contribution in [3.63, 3.8) is 0 Å². The Balaban J connectivity index is 2.23. The zero-order valence-corrected chi connectivity index (χ0v) is 16.7. The lowest BCUT2D eigenvalue weighted by Gasteiger charge is -2.46. The highest BCUT2D eigenvalue weighted by atomic mass is 28.4. The predicted octanol–water partition coefficient (Wildman–Crippen LogP) is 5.86. The van der Waals surface area contributed by atoms with Crippen LogP contribution in [0.3, 0.4) is 0 Å². The minimum Gasteiger partial charge on any atom is -0.547 e. The molecule has 2 nitrogen and oxygen atoms in total. The lowest BCUT2D eigenvalue weighted by atomic mass is 9.59. The first kappa shape index (κ1) is 18.5. The number of hydrogen-bond acceptors (Lipinski definition) is 2. The molecule has 0 saturated heterocycles. The zero-order valence-electron chi connectivity index (χ0n) is 15.7. The zero-order chi connectivity index (χ0) is 17.3. The number of fused-ring (bicyclic) bond motifs is 1. The van der Waals surface area contributed by atoms with E-state index in [1.54, 1.807) is 0 Å². The second-order valence-electron chi connectivity index (χ2n) is 7.91.